The van der Waals surface area contributed by atoms with E-state index in [1.54, 1.807) is 18.2 Å². The lowest BCUT2D eigenvalue weighted by Crippen LogP contribution is -2.24. The highest BCUT2D eigenvalue weighted by molar-refractivity contribution is 6.04. The minimum atomic E-state index is -0.476. The minimum Gasteiger partial charge on any atom is -0.484 e. The van der Waals surface area contributed by atoms with Crippen molar-refractivity contribution in [2.45, 2.75) is 6.92 Å². The van der Waals surface area contributed by atoms with Crippen LogP contribution in [0.3, 0.4) is 0 Å². The molecular formula is C33H26N2O4. The molecule has 0 aliphatic heterocycles. The molecule has 0 bridgehead atoms. The van der Waals surface area contributed by atoms with Gasteiger partial charge in [-0.25, -0.2) is 10.2 Å². The van der Waals surface area contributed by atoms with Gasteiger partial charge in [0.05, 0.1) is 11.8 Å². The van der Waals surface area contributed by atoms with Gasteiger partial charge in [0.15, 0.2) is 6.61 Å². The summed E-state index contributed by atoms with van der Waals surface area (Å²) in [5, 5.41) is 5.89. The molecule has 1 N–H and O–H groups in total. The van der Waals surface area contributed by atoms with Gasteiger partial charge in [-0.1, -0.05) is 90.5 Å². The number of amides is 1. The van der Waals surface area contributed by atoms with E-state index in [-0.39, 0.29) is 6.61 Å². The number of aryl methyl sites for hydroxylation is 1. The normalized spacial score (nSPS) is 10.9. The van der Waals surface area contributed by atoms with Gasteiger partial charge in [0.25, 0.3) is 5.91 Å². The second-order valence-corrected chi connectivity index (χ2v) is 8.93. The average molecular weight is 515 g/mol. The van der Waals surface area contributed by atoms with Gasteiger partial charge >= 0.3 is 5.97 Å². The summed E-state index contributed by atoms with van der Waals surface area (Å²) in [5.74, 6) is 0.0210. The molecule has 0 saturated heterocycles. The standard InChI is InChI=1S/C33H26N2O4/c1-23-11-13-27(14-12-23)33(37)39-31-20-17-26-9-5-6-10-29(26)30(31)21-34-35-32(36)22-38-28-18-15-25(16-19-28)24-7-3-2-4-8-24/h2-21H,22H2,1H3,(H,35,36)/b34-21+. The van der Waals surface area contributed by atoms with E-state index in [9.17, 15) is 9.59 Å². The molecule has 0 aromatic heterocycles. The molecule has 5 aromatic carbocycles. The SMILES string of the molecule is Cc1ccc(C(=O)Oc2ccc3ccccc3c2/C=N/NC(=O)COc2ccc(-c3ccccc3)cc2)cc1. The van der Waals surface area contributed by atoms with Crippen molar-refractivity contribution in [1.82, 2.24) is 5.43 Å². The number of carbonyl (C=O) groups is 2. The number of nitrogens with one attached hydrogen (secondary N) is 1. The molecular weight excluding hydrogens is 488 g/mol. The fourth-order valence-electron chi connectivity index (χ4n) is 4.07. The largest absolute Gasteiger partial charge is 0.484 e. The summed E-state index contributed by atoms with van der Waals surface area (Å²) < 4.78 is 11.3. The molecule has 0 aliphatic carbocycles. The Morgan fingerprint density at radius 3 is 2.23 bits per heavy atom. The summed E-state index contributed by atoms with van der Waals surface area (Å²) in [6.07, 6.45) is 1.48. The molecule has 192 valence electrons. The summed E-state index contributed by atoms with van der Waals surface area (Å²) in [6, 6.07) is 36.0. The molecule has 0 atom stereocenters. The fraction of sp³-hybridized carbons (Fsp3) is 0.0606. The number of fused-ring (bicyclic) bond motifs is 1. The van der Waals surface area contributed by atoms with E-state index in [0.717, 1.165) is 27.5 Å². The molecule has 39 heavy (non-hydrogen) atoms. The number of hydrazone groups is 1. The first-order chi connectivity index (χ1) is 19.1. The molecule has 5 rings (SSSR count). The topological polar surface area (TPSA) is 77.0 Å². The lowest BCUT2D eigenvalue weighted by Gasteiger charge is -2.11. The minimum absolute atomic E-state index is 0.202. The Hall–Kier alpha value is -5.23. The predicted molar refractivity (Wildman–Crippen MR) is 153 cm³/mol. The molecule has 0 fully saturated rings. The van der Waals surface area contributed by atoms with Crippen LogP contribution in [0.2, 0.25) is 0 Å². The summed E-state index contributed by atoms with van der Waals surface area (Å²) in [6.45, 7) is 1.75. The Balaban J connectivity index is 1.25. The van der Waals surface area contributed by atoms with E-state index in [0.29, 0.717) is 22.6 Å². The number of nitrogens with zero attached hydrogens (tertiary/aromatic N) is 1. The smallest absolute Gasteiger partial charge is 0.343 e. The molecule has 6 heteroatoms. The zero-order valence-electron chi connectivity index (χ0n) is 21.3. The molecule has 0 radical (unpaired) electrons. The second-order valence-electron chi connectivity index (χ2n) is 8.93. The van der Waals surface area contributed by atoms with Crippen molar-refractivity contribution in [3.8, 4) is 22.6 Å². The maximum atomic E-state index is 12.8. The van der Waals surface area contributed by atoms with Gasteiger partial charge in [-0.05, 0) is 59.2 Å². The third-order valence-corrected chi connectivity index (χ3v) is 6.13. The van der Waals surface area contributed by atoms with Crippen LogP contribution >= 0.6 is 0 Å². The third-order valence-electron chi connectivity index (χ3n) is 6.13. The lowest BCUT2D eigenvalue weighted by atomic mass is 10.0. The Kier molecular flexibility index (Phi) is 7.74. The number of benzene rings is 5. The summed E-state index contributed by atoms with van der Waals surface area (Å²) in [4.78, 5) is 25.2. The maximum absolute atomic E-state index is 12.8. The third kappa shape index (κ3) is 6.37. The zero-order chi connectivity index (χ0) is 27.0. The highest BCUT2D eigenvalue weighted by atomic mass is 16.5. The molecule has 6 nitrogen and oxygen atoms in total. The second kappa shape index (κ2) is 11.9. The Morgan fingerprint density at radius 2 is 1.46 bits per heavy atom. The quantitative estimate of drug-likeness (QED) is 0.110. The van der Waals surface area contributed by atoms with Crippen LogP contribution in [-0.4, -0.2) is 24.7 Å². The van der Waals surface area contributed by atoms with Gasteiger partial charge in [-0.2, -0.15) is 5.10 Å². The van der Waals surface area contributed by atoms with Crippen LogP contribution in [0.1, 0.15) is 21.5 Å². The van der Waals surface area contributed by atoms with Crippen LogP contribution in [0, 0.1) is 6.92 Å². The van der Waals surface area contributed by atoms with Gasteiger partial charge in [0.1, 0.15) is 11.5 Å². The Labute approximate surface area is 226 Å². The summed E-state index contributed by atoms with van der Waals surface area (Å²) in [5.41, 5.74) is 6.72. The first kappa shape index (κ1) is 25.4. The molecule has 0 saturated carbocycles. The lowest BCUT2D eigenvalue weighted by molar-refractivity contribution is -0.123. The molecule has 0 aliphatic rings. The van der Waals surface area contributed by atoms with Crippen molar-refractivity contribution in [2.24, 2.45) is 5.10 Å². The fourth-order valence-corrected chi connectivity index (χ4v) is 4.07. The highest BCUT2D eigenvalue weighted by Crippen LogP contribution is 2.27. The first-order valence-corrected chi connectivity index (χ1v) is 12.5. The van der Waals surface area contributed by atoms with Crippen molar-refractivity contribution in [3.63, 3.8) is 0 Å². The predicted octanol–water partition coefficient (Wildman–Crippen LogP) is 6.56. The molecule has 5 aromatic rings. The van der Waals surface area contributed by atoms with E-state index < -0.39 is 11.9 Å². The van der Waals surface area contributed by atoms with Gasteiger partial charge < -0.3 is 9.47 Å². The highest BCUT2D eigenvalue weighted by Gasteiger charge is 2.14. The van der Waals surface area contributed by atoms with Crippen LogP contribution < -0.4 is 14.9 Å². The van der Waals surface area contributed by atoms with E-state index >= 15 is 0 Å². The number of carbonyl (C=O) groups excluding carboxylic acids is 2. The van der Waals surface area contributed by atoms with Gasteiger partial charge in [-0.3, -0.25) is 4.79 Å². The van der Waals surface area contributed by atoms with Crippen LogP contribution in [0.5, 0.6) is 11.5 Å². The molecule has 0 heterocycles. The van der Waals surface area contributed by atoms with Crippen molar-refractivity contribution in [1.29, 1.82) is 0 Å². The average Bonchev–Trinajstić information content (AvgIpc) is 2.98. The Morgan fingerprint density at radius 1 is 0.769 bits per heavy atom. The molecule has 0 spiro atoms. The molecule has 1 amide bonds. The zero-order valence-corrected chi connectivity index (χ0v) is 21.3. The van der Waals surface area contributed by atoms with Gasteiger partial charge in [0, 0.05) is 5.56 Å². The van der Waals surface area contributed by atoms with Crippen LogP contribution in [0.4, 0.5) is 0 Å². The van der Waals surface area contributed by atoms with Crippen LogP contribution in [0.15, 0.2) is 120 Å². The van der Waals surface area contributed by atoms with Crippen LogP contribution in [0.25, 0.3) is 21.9 Å². The summed E-state index contributed by atoms with van der Waals surface area (Å²) in [7, 11) is 0. The number of hydrogen-bond donors (Lipinski definition) is 1. The van der Waals surface area contributed by atoms with Crippen molar-refractivity contribution >= 4 is 28.9 Å². The van der Waals surface area contributed by atoms with Crippen LogP contribution in [-0.2, 0) is 4.79 Å². The number of hydrogen-bond acceptors (Lipinski definition) is 5. The van der Waals surface area contributed by atoms with Gasteiger partial charge in [-0.15, -0.1) is 0 Å². The van der Waals surface area contributed by atoms with Crippen molar-refractivity contribution in [3.05, 3.63) is 132 Å². The summed E-state index contributed by atoms with van der Waals surface area (Å²) >= 11 is 0. The van der Waals surface area contributed by atoms with Gasteiger partial charge in [0.2, 0.25) is 0 Å². The Bertz CT molecular complexity index is 1630. The monoisotopic (exact) mass is 514 g/mol. The van der Waals surface area contributed by atoms with Crippen molar-refractivity contribution < 1.29 is 19.1 Å². The van der Waals surface area contributed by atoms with E-state index in [1.807, 2.05) is 104 Å². The van der Waals surface area contributed by atoms with E-state index in [1.165, 1.54) is 6.21 Å². The number of rotatable bonds is 8. The van der Waals surface area contributed by atoms with E-state index in [4.69, 9.17) is 9.47 Å². The first-order valence-electron chi connectivity index (χ1n) is 12.5. The van der Waals surface area contributed by atoms with E-state index in [2.05, 4.69) is 10.5 Å². The number of ether oxygens (including phenoxy) is 2. The van der Waals surface area contributed by atoms with Crippen molar-refractivity contribution in [2.75, 3.05) is 6.61 Å². The molecule has 0 unspecified atom stereocenters. The number of esters is 1. The maximum Gasteiger partial charge on any atom is 0.343 e.